The standard InChI is InChI=1S/C14H14N4OS/c1-3-18-12(6-7-15-18)14(19)17-10-4-5-11-13(8-10)20-9(2)16-11/h4-8H,3H2,1-2H3,(H,17,19). The highest BCUT2D eigenvalue weighted by Gasteiger charge is 2.11. The molecule has 1 aromatic carbocycles. The molecule has 0 unspecified atom stereocenters. The van der Waals surface area contributed by atoms with E-state index in [2.05, 4.69) is 15.4 Å². The van der Waals surface area contributed by atoms with E-state index in [1.807, 2.05) is 32.0 Å². The summed E-state index contributed by atoms with van der Waals surface area (Å²) in [5.41, 5.74) is 2.30. The van der Waals surface area contributed by atoms with Gasteiger partial charge in [0.15, 0.2) is 0 Å². The van der Waals surface area contributed by atoms with Gasteiger partial charge in [-0.25, -0.2) is 4.98 Å². The van der Waals surface area contributed by atoms with Gasteiger partial charge in [-0.15, -0.1) is 11.3 Å². The fourth-order valence-electron chi connectivity index (χ4n) is 2.09. The van der Waals surface area contributed by atoms with Crippen LogP contribution in [0.25, 0.3) is 10.2 Å². The van der Waals surface area contributed by atoms with E-state index in [4.69, 9.17) is 0 Å². The lowest BCUT2D eigenvalue weighted by molar-refractivity contribution is 0.101. The van der Waals surface area contributed by atoms with Crippen molar-refractivity contribution in [1.82, 2.24) is 14.8 Å². The van der Waals surface area contributed by atoms with Crippen molar-refractivity contribution in [2.45, 2.75) is 20.4 Å². The fourth-order valence-corrected chi connectivity index (χ4v) is 2.96. The second-order valence-electron chi connectivity index (χ2n) is 4.40. The SMILES string of the molecule is CCn1nccc1C(=O)Nc1ccc2nc(C)sc2c1. The van der Waals surface area contributed by atoms with Crippen LogP contribution < -0.4 is 5.32 Å². The summed E-state index contributed by atoms with van der Waals surface area (Å²) < 4.78 is 2.74. The third-order valence-electron chi connectivity index (χ3n) is 3.00. The molecule has 0 aliphatic carbocycles. The molecule has 0 bridgehead atoms. The minimum atomic E-state index is -0.148. The number of fused-ring (bicyclic) bond motifs is 1. The molecule has 2 heterocycles. The maximum atomic E-state index is 12.2. The van der Waals surface area contributed by atoms with E-state index in [1.54, 1.807) is 28.3 Å². The van der Waals surface area contributed by atoms with Crippen molar-refractivity contribution in [1.29, 1.82) is 0 Å². The smallest absolute Gasteiger partial charge is 0.273 e. The van der Waals surface area contributed by atoms with Crippen molar-refractivity contribution in [3.63, 3.8) is 0 Å². The van der Waals surface area contributed by atoms with Crippen molar-refractivity contribution in [3.8, 4) is 0 Å². The first-order chi connectivity index (χ1) is 9.67. The number of aromatic nitrogens is 3. The molecule has 0 saturated heterocycles. The Morgan fingerprint density at radius 3 is 3.05 bits per heavy atom. The molecule has 0 atom stereocenters. The van der Waals surface area contributed by atoms with Crippen LogP contribution in [-0.4, -0.2) is 20.7 Å². The summed E-state index contributed by atoms with van der Waals surface area (Å²) in [7, 11) is 0. The molecule has 0 aliphatic rings. The number of thiazole rings is 1. The molecule has 1 N–H and O–H groups in total. The molecule has 20 heavy (non-hydrogen) atoms. The highest BCUT2D eigenvalue weighted by molar-refractivity contribution is 7.18. The Hall–Kier alpha value is -2.21. The zero-order chi connectivity index (χ0) is 14.1. The predicted octanol–water partition coefficient (Wildman–Crippen LogP) is 3.07. The number of aryl methyl sites for hydroxylation is 2. The Morgan fingerprint density at radius 1 is 1.40 bits per heavy atom. The number of hydrogen-bond donors (Lipinski definition) is 1. The second-order valence-corrected chi connectivity index (χ2v) is 5.64. The summed E-state index contributed by atoms with van der Waals surface area (Å²) in [4.78, 5) is 16.6. The summed E-state index contributed by atoms with van der Waals surface area (Å²) in [6, 6.07) is 7.45. The number of amides is 1. The van der Waals surface area contributed by atoms with Crippen molar-refractivity contribution in [2.75, 3.05) is 5.32 Å². The zero-order valence-electron chi connectivity index (χ0n) is 11.3. The number of nitrogens with zero attached hydrogens (tertiary/aromatic N) is 3. The Balaban J connectivity index is 1.87. The molecule has 1 amide bonds. The first-order valence-electron chi connectivity index (χ1n) is 6.37. The van der Waals surface area contributed by atoms with Crippen molar-refractivity contribution < 1.29 is 4.79 Å². The molecule has 0 fully saturated rings. The molecule has 5 nitrogen and oxygen atoms in total. The predicted molar refractivity (Wildman–Crippen MR) is 80.2 cm³/mol. The molecule has 6 heteroatoms. The minimum absolute atomic E-state index is 0.148. The topological polar surface area (TPSA) is 59.8 Å². The lowest BCUT2D eigenvalue weighted by Crippen LogP contribution is -2.17. The van der Waals surface area contributed by atoms with Gasteiger partial charge in [0.1, 0.15) is 5.69 Å². The first kappa shape index (κ1) is 12.8. The summed E-state index contributed by atoms with van der Waals surface area (Å²) in [6.07, 6.45) is 1.63. The van der Waals surface area contributed by atoms with E-state index in [0.29, 0.717) is 12.2 Å². The van der Waals surface area contributed by atoms with Crippen LogP contribution in [0.2, 0.25) is 0 Å². The number of hydrogen-bond acceptors (Lipinski definition) is 4. The number of nitrogens with one attached hydrogen (secondary N) is 1. The molecule has 3 aromatic rings. The molecule has 2 aromatic heterocycles. The third kappa shape index (κ3) is 2.30. The molecule has 0 saturated carbocycles. The number of carbonyl (C=O) groups excluding carboxylic acids is 1. The van der Waals surface area contributed by atoms with Gasteiger partial charge in [0.2, 0.25) is 0 Å². The molecule has 0 spiro atoms. The average molecular weight is 286 g/mol. The molecule has 102 valence electrons. The third-order valence-corrected chi connectivity index (χ3v) is 3.94. The van der Waals surface area contributed by atoms with Crippen LogP contribution in [0.15, 0.2) is 30.5 Å². The minimum Gasteiger partial charge on any atom is -0.321 e. The first-order valence-corrected chi connectivity index (χ1v) is 7.19. The van der Waals surface area contributed by atoms with Gasteiger partial charge in [-0.05, 0) is 38.1 Å². The van der Waals surface area contributed by atoms with Crippen molar-refractivity contribution in [3.05, 3.63) is 41.2 Å². The van der Waals surface area contributed by atoms with Gasteiger partial charge in [-0.1, -0.05) is 0 Å². The maximum Gasteiger partial charge on any atom is 0.273 e. The highest BCUT2D eigenvalue weighted by Crippen LogP contribution is 2.25. The molecule has 0 radical (unpaired) electrons. The number of carbonyl (C=O) groups is 1. The van der Waals surface area contributed by atoms with E-state index in [-0.39, 0.29) is 5.91 Å². The highest BCUT2D eigenvalue weighted by atomic mass is 32.1. The monoisotopic (exact) mass is 286 g/mol. The van der Waals surface area contributed by atoms with E-state index in [1.165, 1.54) is 0 Å². The van der Waals surface area contributed by atoms with E-state index < -0.39 is 0 Å². The zero-order valence-corrected chi connectivity index (χ0v) is 12.1. The van der Waals surface area contributed by atoms with Gasteiger partial charge in [0.25, 0.3) is 5.91 Å². The molecule has 0 aliphatic heterocycles. The number of rotatable bonds is 3. The Kier molecular flexibility index (Phi) is 3.23. The molecular weight excluding hydrogens is 272 g/mol. The van der Waals surface area contributed by atoms with E-state index in [9.17, 15) is 4.79 Å². The molecular formula is C14H14N4OS. The lowest BCUT2D eigenvalue weighted by Gasteiger charge is -2.06. The van der Waals surface area contributed by atoms with E-state index in [0.717, 1.165) is 20.9 Å². The summed E-state index contributed by atoms with van der Waals surface area (Å²) in [5.74, 6) is -0.148. The van der Waals surface area contributed by atoms with Crippen LogP contribution in [0.5, 0.6) is 0 Å². The summed E-state index contributed by atoms with van der Waals surface area (Å²) >= 11 is 1.62. The molecule has 3 rings (SSSR count). The Labute approximate surface area is 120 Å². The summed E-state index contributed by atoms with van der Waals surface area (Å²) in [6.45, 7) is 4.60. The van der Waals surface area contributed by atoms with Gasteiger partial charge in [0.05, 0.1) is 15.2 Å². The van der Waals surface area contributed by atoms with Crippen molar-refractivity contribution >= 4 is 33.1 Å². The van der Waals surface area contributed by atoms with Gasteiger partial charge in [0, 0.05) is 18.4 Å². The van der Waals surface area contributed by atoms with Crippen LogP contribution in [0, 0.1) is 6.92 Å². The van der Waals surface area contributed by atoms with Gasteiger partial charge < -0.3 is 5.32 Å². The second kappa shape index (κ2) is 5.05. The van der Waals surface area contributed by atoms with Gasteiger partial charge in [-0.3, -0.25) is 9.48 Å². The van der Waals surface area contributed by atoms with Gasteiger partial charge in [-0.2, -0.15) is 5.10 Å². The Bertz CT molecular complexity index is 774. The van der Waals surface area contributed by atoms with Crippen LogP contribution in [0.1, 0.15) is 22.4 Å². The normalized spacial score (nSPS) is 10.9. The fraction of sp³-hybridized carbons (Fsp3) is 0.214. The quantitative estimate of drug-likeness (QED) is 0.805. The lowest BCUT2D eigenvalue weighted by atomic mass is 10.3. The maximum absolute atomic E-state index is 12.2. The van der Waals surface area contributed by atoms with Crippen LogP contribution >= 0.6 is 11.3 Å². The largest absolute Gasteiger partial charge is 0.321 e. The van der Waals surface area contributed by atoms with Gasteiger partial charge >= 0.3 is 0 Å². The Morgan fingerprint density at radius 2 is 2.25 bits per heavy atom. The average Bonchev–Trinajstić information content (AvgIpc) is 3.02. The number of anilines is 1. The van der Waals surface area contributed by atoms with Crippen LogP contribution in [0.3, 0.4) is 0 Å². The van der Waals surface area contributed by atoms with Crippen LogP contribution in [-0.2, 0) is 6.54 Å². The number of benzene rings is 1. The summed E-state index contributed by atoms with van der Waals surface area (Å²) in [5, 5.41) is 8.02. The van der Waals surface area contributed by atoms with Crippen LogP contribution in [0.4, 0.5) is 5.69 Å². The van der Waals surface area contributed by atoms with Crippen molar-refractivity contribution in [2.24, 2.45) is 0 Å². The van der Waals surface area contributed by atoms with E-state index >= 15 is 0 Å².